The predicted molar refractivity (Wildman–Crippen MR) is 135 cm³/mol. The molecule has 0 atom stereocenters. The monoisotopic (exact) mass is 443 g/mol. The zero-order chi connectivity index (χ0) is 23.3. The van der Waals surface area contributed by atoms with Crippen LogP contribution in [0.5, 0.6) is 11.5 Å². The molecule has 0 aromatic heterocycles. The fourth-order valence-electron chi connectivity index (χ4n) is 3.63. The lowest BCUT2D eigenvalue weighted by atomic mass is 9.98. The van der Waals surface area contributed by atoms with Gasteiger partial charge in [0, 0.05) is 6.08 Å². The lowest BCUT2D eigenvalue weighted by molar-refractivity contribution is -0.116. The largest absolute Gasteiger partial charge is 0.493 e. The van der Waals surface area contributed by atoms with Gasteiger partial charge in [-0.05, 0) is 41.3 Å². The number of carbonyl (C=O) groups is 1. The molecule has 0 bridgehead atoms. The van der Waals surface area contributed by atoms with Crippen molar-refractivity contribution < 1.29 is 14.3 Å². The van der Waals surface area contributed by atoms with E-state index in [4.69, 9.17) is 9.47 Å². The number of hydrogen-bond donors (Lipinski definition) is 1. The Kier molecular flexibility index (Phi) is 9.59. The topological polar surface area (TPSA) is 47.6 Å². The first kappa shape index (κ1) is 24.1. The maximum Gasteiger partial charge on any atom is 0.244 e. The van der Waals surface area contributed by atoms with Gasteiger partial charge in [0.1, 0.15) is 0 Å². The highest BCUT2D eigenvalue weighted by Crippen LogP contribution is 2.29. The maximum atomic E-state index is 12.8. The van der Waals surface area contributed by atoms with Crippen molar-refractivity contribution in [2.75, 3.05) is 13.7 Å². The second-order valence-corrected chi connectivity index (χ2v) is 7.92. The Morgan fingerprint density at radius 3 is 2.15 bits per heavy atom. The van der Waals surface area contributed by atoms with Crippen LogP contribution in [-0.4, -0.2) is 19.6 Å². The van der Waals surface area contributed by atoms with Gasteiger partial charge in [-0.15, -0.1) is 0 Å². The summed E-state index contributed by atoms with van der Waals surface area (Å²) in [5, 5.41) is 3.12. The third-order valence-corrected chi connectivity index (χ3v) is 5.42. The van der Waals surface area contributed by atoms with Crippen LogP contribution in [0.15, 0.2) is 84.9 Å². The lowest BCUT2D eigenvalue weighted by Crippen LogP contribution is -2.27. The third kappa shape index (κ3) is 7.53. The highest BCUT2D eigenvalue weighted by molar-refractivity contribution is 5.92. The molecule has 4 nitrogen and oxygen atoms in total. The Labute approximate surface area is 197 Å². The molecule has 3 aromatic rings. The van der Waals surface area contributed by atoms with Crippen LogP contribution in [0.3, 0.4) is 0 Å². The minimum Gasteiger partial charge on any atom is -0.493 e. The fourth-order valence-corrected chi connectivity index (χ4v) is 3.63. The molecule has 0 aliphatic heterocycles. The molecule has 0 spiro atoms. The molecule has 0 unspecified atom stereocenters. The van der Waals surface area contributed by atoms with Gasteiger partial charge in [-0.2, -0.15) is 0 Å². The summed E-state index contributed by atoms with van der Waals surface area (Å²) in [7, 11) is 1.63. The van der Waals surface area contributed by atoms with Crippen molar-refractivity contribution in [1.29, 1.82) is 0 Å². The van der Waals surface area contributed by atoms with Crippen molar-refractivity contribution >= 4 is 12.0 Å². The number of methoxy groups -OCH3 is 1. The molecular formula is C29H33NO3. The minimum absolute atomic E-state index is 0.164. The van der Waals surface area contributed by atoms with Crippen LogP contribution in [0.2, 0.25) is 0 Å². The second-order valence-electron chi connectivity index (χ2n) is 7.92. The van der Waals surface area contributed by atoms with Crippen molar-refractivity contribution in [3.8, 4) is 11.5 Å². The van der Waals surface area contributed by atoms with Crippen molar-refractivity contribution in [3.05, 3.63) is 102 Å². The first-order valence-electron chi connectivity index (χ1n) is 11.6. The van der Waals surface area contributed by atoms with Gasteiger partial charge < -0.3 is 14.8 Å². The van der Waals surface area contributed by atoms with E-state index in [2.05, 4.69) is 12.2 Å². The van der Waals surface area contributed by atoms with Crippen LogP contribution in [0.4, 0.5) is 0 Å². The van der Waals surface area contributed by atoms with Crippen molar-refractivity contribution in [2.45, 2.75) is 38.6 Å². The minimum atomic E-state index is -0.220. The molecule has 0 fully saturated rings. The van der Waals surface area contributed by atoms with Crippen LogP contribution >= 0.6 is 0 Å². The van der Waals surface area contributed by atoms with Crippen LogP contribution in [0.1, 0.15) is 55.3 Å². The molecule has 3 rings (SSSR count). The SMILES string of the molecule is CCCCCCOc1ccc(/C=C/C(=O)NC(c2ccccc2)c2ccccc2)cc1OC. The molecule has 0 aliphatic carbocycles. The van der Waals surface area contributed by atoms with Crippen LogP contribution in [0.25, 0.3) is 6.08 Å². The summed E-state index contributed by atoms with van der Waals surface area (Å²) in [5.74, 6) is 1.23. The van der Waals surface area contributed by atoms with E-state index in [-0.39, 0.29) is 11.9 Å². The van der Waals surface area contributed by atoms with E-state index in [1.807, 2.05) is 78.9 Å². The molecule has 33 heavy (non-hydrogen) atoms. The van der Waals surface area contributed by atoms with Crippen molar-refractivity contribution in [3.63, 3.8) is 0 Å². The standard InChI is InChI=1S/C29H33NO3/c1-3-4-5-12-21-33-26-19-17-23(22-27(26)32-2)18-20-28(31)30-29(24-13-8-6-9-14-24)25-15-10-7-11-16-25/h6-11,13-20,22,29H,3-5,12,21H2,1-2H3,(H,30,31)/b20-18+. The number of hydrogen-bond acceptors (Lipinski definition) is 3. The summed E-state index contributed by atoms with van der Waals surface area (Å²) in [6.45, 7) is 2.87. The first-order chi connectivity index (χ1) is 16.2. The summed E-state index contributed by atoms with van der Waals surface area (Å²) in [6.07, 6.45) is 7.97. The van der Waals surface area contributed by atoms with Gasteiger partial charge in [-0.25, -0.2) is 0 Å². The number of rotatable bonds is 12. The number of nitrogens with one attached hydrogen (secondary N) is 1. The highest BCUT2D eigenvalue weighted by atomic mass is 16.5. The Balaban J connectivity index is 1.66. The van der Waals surface area contributed by atoms with Gasteiger partial charge in [-0.1, -0.05) is 92.9 Å². The molecule has 3 aromatic carbocycles. The summed E-state index contributed by atoms with van der Waals surface area (Å²) in [6, 6.07) is 25.4. The zero-order valence-corrected chi connectivity index (χ0v) is 19.5. The summed E-state index contributed by atoms with van der Waals surface area (Å²) in [5.41, 5.74) is 2.94. The van der Waals surface area contributed by atoms with Gasteiger partial charge in [0.15, 0.2) is 11.5 Å². The van der Waals surface area contributed by atoms with Gasteiger partial charge in [-0.3, -0.25) is 4.79 Å². The van der Waals surface area contributed by atoms with Crippen LogP contribution in [0, 0.1) is 0 Å². The number of ether oxygens (including phenoxy) is 2. The van der Waals surface area contributed by atoms with E-state index in [9.17, 15) is 4.79 Å². The predicted octanol–water partition coefficient (Wildman–Crippen LogP) is 6.57. The van der Waals surface area contributed by atoms with E-state index in [1.54, 1.807) is 19.3 Å². The Morgan fingerprint density at radius 1 is 0.879 bits per heavy atom. The molecule has 0 saturated heterocycles. The Bertz CT molecular complexity index is 976. The summed E-state index contributed by atoms with van der Waals surface area (Å²) >= 11 is 0. The third-order valence-electron chi connectivity index (χ3n) is 5.42. The van der Waals surface area contributed by atoms with Gasteiger partial charge >= 0.3 is 0 Å². The number of carbonyl (C=O) groups excluding carboxylic acids is 1. The van der Waals surface area contributed by atoms with E-state index >= 15 is 0 Å². The van der Waals surface area contributed by atoms with Crippen LogP contribution < -0.4 is 14.8 Å². The quantitative estimate of drug-likeness (QED) is 0.254. The molecule has 0 saturated carbocycles. The molecule has 1 amide bonds. The summed E-state index contributed by atoms with van der Waals surface area (Å²) < 4.78 is 11.4. The fraction of sp³-hybridized carbons (Fsp3) is 0.276. The summed E-state index contributed by atoms with van der Waals surface area (Å²) in [4.78, 5) is 12.8. The van der Waals surface area contributed by atoms with Gasteiger partial charge in [0.2, 0.25) is 5.91 Å². The van der Waals surface area contributed by atoms with Crippen molar-refractivity contribution in [2.24, 2.45) is 0 Å². The molecule has 0 radical (unpaired) electrons. The average molecular weight is 444 g/mol. The molecule has 172 valence electrons. The zero-order valence-electron chi connectivity index (χ0n) is 19.5. The van der Waals surface area contributed by atoms with Crippen LogP contribution in [-0.2, 0) is 4.79 Å². The van der Waals surface area contributed by atoms with Crippen molar-refractivity contribution in [1.82, 2.24) is 5.32 Å². The number of amides is 1. The normalized spacial score (nSPS) is 11.0. The lowest BCUT2D eigenvalue weighted by Gasteiger charge is -2.19. The van der Waals surface area contributed by atoms with E-state index in [0.29, 0.717) is 12.4 Å². The Morgan fingerprint density at radius 2 is 1.55 bits per heavy atom. The molecule has 0 aliphatic rings. The number of unbranched alkanes of at least 4 members (excludes halogenated alkanes) is 3. The molecule has 4 heteroatoms. The Hall–Kier alpha value is -3.53. The number of benzene rings is 3. The molecule has 1 N–H and O–H groups in total. The molecule has 0 heterocycles. The maximum absolute atomic E-state index is 12.8. The second kappa shape index (κ2) is 13.1. The van der Waals surface area contributed by atoms with E-state index in [1.165, 1.54) is 19.3 Å². The van der Waals surface area contributed by atoms with E-state index < -0.39 is 0 Å². The van der Waals surface area contributed by atoms with Gasteiger partial charge in [0.25, 0.3) is 0 Å². The smallest absolute Gasteiger partial charge is 0.244 e. The van der Waals surface area contributed by atoms with E-state index in [0.717, 1.165) is 28.9 Å². The highest BCUT2D eigenvalue weighted by Gasteiger charge is 2.15. The van der Waals surface area contributed by atoms with Gasteiger partial charge in [0.05, 0.1) is 19.8 Å². The molecular weight excluding hydrogens is 410 g/mol. The average Bonchev–Trinajstić information content (AvgIpc) is 2.87. The first-order valence-corrected chi connectivity index (χ1v) is 11.6.